The van der Waals surface area contributed by atoms with Crippen LogP contribution in [-0.2, 0) is 0 Å². The van der Waals surface area contributed by atoms with Crippen molar-refractivity contribution in [1.82, 2.24) is 5.43 Å². The van der Waals surface area contributed by atoms with Gasteiger partial charge in [-0.15, -0.1) is 0 Å². The molecule has 0 radical (unpaired) electrons. The minimum Gasteiger partial charge on any atom is -0.490 e. The molecule has 0 bridgehead atoms. The van der Waals surface area contributed by atoms with Gasteiger partial charge in [0.05, 0.1) is 12.1 Å². The van der Waals surface area contributed by atoms with Gasteiger partial charge in [-0.3, -0.25) is 5.84 Å². The van der Waals surface area contributed by atoms with Crippen molar-refractivity contribution in [2.45, 2.75) is 31.9 Å². The summed E-state index contributed by atoms with van der Waals surface area (Å²) < 4.78 is 6.95. The van der Waals surface area contributed by atoms with E-state index in [2.05, 4.69) is 58.6 Å². The van der Waals surface area contributed by atoms with Crippen LogP contribution in [0.25, 0.3) is 0 Å². The molecular formula is C17H19BrN2O. The van der Waals surface area contributed by atoms with Crippen LogP contribution in [0.15, 0.2) is 46.9 Å². The van der Waals surface area contributed by atoms with E-state index >= 15 is 0 Å². The molecule has 1 aliphatic carbocycles. The Bertz CT molecular complexity index is 640. The number of halogens is 1. The van der Waals surface area contributed by atoms with E-state index in [0.717, 1.165) is 34.2 Å². The maximum Gasteiger partial charge on any atom is 0.120 e. The van der Waals surface area contributed by atoms with E-state index in [1.54, 1.807) is 0 Å². The van der Waals surface area contributed by atoms with E-state index in [1.165, 1.54) is 5.56 Å². The summed E-state index contributed by atoms with van der Waals surface area (Å²) in [6.45, 7) is 2.07. The summed E-state index contributed by atoms with van der Waals surface area (Å²) in [7, 11) is 0. The van der Waals surface area contributed by atoms with Gasteiger partial charge in [-0.2, -0.15) is 0 Å². The predicted molar refractivity (Wildman–Crippen MR) is 88.1 cm³/mol. The van der Waals surface area contributed by atoms with Crippen LogP contribution in [0.1, 0.15) is 35.6 Å². The lowest BCUT2D eigenvalue weighted by Crippen LogP contribution is -2.28. The van der Waals surface area contributed by atoms with Crippen molar-refractivity contribution in [3.05, 3.63) is 63.6 Å². The molecule has 3 rings (SSSR count). The predicted octanol–water partition coefficient (Wildman–Crippen LogP) is 3.85. The Kier molecular flexibility index (Phi) is 4.29. The monoisotopic (exact) mass is 346 g/mol. The summed E-state index contributed by atoms with van der Waals surface area (Å²) in [6, 6.07) is 14.4. The van der Waals surface area contributed by atoms with Crippen LogP contribution in [-0.4, -0.2) is 6.10 Å². The number of aryl methyl sites for hydroxylation is 1. The number of benzene rings is 2. The fraction of sp³-hybridized carbons (Fsp3) is 0.294. The zero-order valence-corrected chi connectivity index (χ0v) is 13.6. The Hall–Kier alpha value is -1.36. The van der Waals surface area contributed by atoms with Gasteiger partial charge in [-0.25, -0.2) is 5.43 Å². The SMILES string of the molecule is Cc1ccc(C(NN)c2cccc(OC3CC3)c2)cc1Br. The Morgan fingerprint density at radius 1 is 1.19 bits per heavy atom. The first-order valence-corrected chi connectivity index (χ1v) is 7.95. The van der Waals surface area contributed by atoms with E-state index in [-0.39, 0.29) is 6.04 Å². The van der Waals surface area contributed by atoms with Crippen LogP contribution in [0.4, 0.5) is 0 Å². The van der Waals surface area contributed by atoms with Gasteiger partial charge in [0.2, 0.25) is 0 Å². The second kappa shape index (κ2) is 6.18. The molecular weight excluding hydrogens is 328 g/mol. The lowest BCUT2D eigenvalue weighted by molar-refractivity contribution is 0.302. The van der Waals surface area contributed by atoms with Gasteiger partial charge in [0, 0.05) is 4.47 Å². The van der Waals surface area contributed by atoms with E-state index in [4.69, 9.17) is 10.6 Å². The number of rotatable bonds is 5. The molecule has 0 amide bonds. The standard InChI is InChI=1S/C17H19BrN2O/c1-11-5-6-13(10-16(11)18)17(20-19)12-3-2-4-15(9-12)21-14-7-8-14/h2-6,9-10,14,17,20H,7-8,19H2,1H3. The first-order chi connectivity index (χ1) is 10.2. The minimum absolute atomic E-state index is 0.0512. The molecule has 1 unspecified atom stereocenters. The van der Waals surface area contributed by atoms with Crippen molar-refractivity contribution < 1.29 is 4.74 Å². The third-order valence-electron chi connectivity index (χ3n) is 3.71. The van der Waals surface area contributed by atoms with Crippen LogP contribution < -0.4 is 16.0 Å². The van der Waals surface area contributed by atoms with Crippen molar-refractivity contribution in [3.63, 3.8) is 0 Å². The molecule has 0 heterocycles. The van der Waals surface area contributed by atoms with Crippen molar-refractivity contribution in [2.75, 3.05) is 0 Å². The maximum absolute atomic E-state index is 5.86. The summed E-state index contributed by atoms with van der Waals surface area (Å²) in [5.41, 5.74) is 6.34. The normalized spacial score (nSPS) is 15.8. The number of nitrogens with one attached hydrogen (secondary N) is 1. The third-order valence-corrected chi connectivity index (χ3v) is 4.57. The number of hydrogen-bond acceptors (Lipinski definition) is 3. The topological polar surface area (TPSA) is 47.3 Å². The molecule has 2 aromatic rings. The number of nitrogens with two attached hydrogens (primary N) is 1. The van der Waals surface area contributed by atoms with Crippen LogP contribution in [0, 0.1) is 6.92 Å². The molecule has 0 spiro atoms. The number of ether oxygens (including phenoxy) is 1. The summed E-state index contributed by atoms with van der Waals surface area (Å²) in [4.78, 5) is 0. The smallest absolute Gasteiger partial charge is 0.120 e. The van der Waals surface area contributed by atoms with Crippen molar-refractivity contribution in [3.8, 4) is 5.75 Å². The lowest BCUT2D eigenvalue weighted by atomic mass is 9.98. The van der Waals surface area contributed by atoms with Gasteiger partial charge in [-0.05, 0) is 54.7 Å². The highest BCUT2D eigenvalue weighted by molar-refractivity contribution is 9.10. The van der Waals surface area contributed by atoms with E-state index in [0.29, 0.717) is 6.10 Å². The lowest BCUT2D eigenvalue weighted by Gasteiger charge is -2.18. The van der Waals surface area contributed by atoms with Gasteiger partial charge in [-0.1, -0.05) is 40.2 Å². The van der Waals surface area contributed by atoms with E-state index in [1.807, 2.05) is 12.1 Å². The largest absolute Gasteiger partial charge is 0.490 e. The molecule has 3 nitrogen and oxygen atoms in total. The molecule has 1 aliphatic rings. The fourth-order valence-electron chi connectivity index (χ4n) is 2.32. The molecule has 2 aromatic carbocycles. The molecule has 0 aliphatic heterocycles. The minimum atomic E-state index is -0.0512. The molecule has 1 atom stereocenters. The first-order valence-electron chi connectivity index (χ1n) is 7.16. The summed E-state index contributed by atoms with van der Waals surface area (Å²) in [5.74, 6) is 6.70. The Balaban J connectivity index is 1.89. The highest BCUT2D eigenvalue weighted by atomic mass is 79.9. The van der Waals surface area contributed by atoms with E-state index in [9.17, 15) is 0 Å². The summed E-state index contributed by atoms with van der Waals surface area (Å²) in [5, 5.41) is 0. The van der Waals surface area contributed by atoms with E-state index < -0.39 is 0 Å². The molecule has 0 saturated heterocycles. The zero-order chi connectivity index (χ0) is 14.8. The number of hydrogen-bond donors (Lipinski definition) is 2. The number of hydrazine groups is 1. The second-order valence-electron chi connectivity index (χ2n) is 5.50. The highest BCUT2D eigenvalue weighted by Crippen LogP contribution is 2.31. The molecule has 0 aromatic heterocycles. The van der Waals surface area contributed by atoms with Crippen molar-refractivity contribution >= 4 is 15.9 Å². The van der Waals surface area contributed by atoms with Gasteiger partial charge in [0.1, 0.15) is 5.75 Å². The van der Waals surface area contributed by atoms with Crippen LogP contribution in [0.5, 0.6) is 5.75 Å². The molecule has 1 fully saturated rings. The van der Waals surface area contributed by atoms with Crippen LogP contribution >= 0.6 is 15.9 Å². The Labute approximate surface area is 133 Å². The molecule has 21 heavy (non-hydrogen) atoms. The fourth-order valence-corrected chi connectivity index (χ4v) is 2.72. The van der Waals surface area contributed by atoms with Gasteiger partial charge < -0.3 is 4.74 Å². The Morgan fingerprint density at radius 3 is 2.62 bits per heavy atom. The Morgan fingerprint density at radius 2 is 1.95 bits per heavy atom. The van der Waals surface area contributed by atoms with Crippen LogP contribution in [0.2, 0.25) is 0 Å². The third kappa shape index (κ3) is 3.46. The highest BCUT2D eigenvalue weighted by Gasteiger charge is 2.24. The molecule has 110 valence electrons. The van der Waals surface area contributed by atoms with Crippen LogP contribution in [0.3, 0.4) is 0 Å². The van der Waals surface area contributed by atoms with Gasteiger partial charge >= 0.3 is 0 Å². The molecule has 4 heteroatoms. The second-order valence-corrected chi connectivity index (χ2v) is 6.35. The average Bonchev–Trinajstić information content (AvgIpc) is 3.28. The average molecular weight is 347 g/mol. The maximum atomic E-state index is 5.86. The molecule has 3 N–H and O–H groups in total. The summed E-state index contributed by atoms with van der Waals surface area (Å²) in [6.07, 6.45) is 2.72. The van der Waals surface area contributed by atoms with Crippen molar-refractivity contribution in [2.24, 2.45) is 5.84 Å². The quantitative estimate of drug-likeness (QED) is 0.638. The van der Waals surface area contributed by atoms with Gasteiger partial charge in [0.15, 0.2) is 0 Å². The zero-order valence-electron chi connectivity index (χ0n) is 12.0. The molecule has 1 saturated carbocycles. The first kappa shape index (κ1) is 14.6. The van der Waals surface area contributed by atoms with Gasteiger partial charge in [0.25, 0.3) is 0 Å². The summed E-state index contributed by atoms with van der Waals surface area (Å²) >= 11 is 3.58. The van der Waals surface area contributed by atoms with Crippen molar-refractivity contribution in [1.29, 1.82) is 0 Å².